The minimum Gasteiger partial charge on any atom is -0.481 e. The predicted octanol–water partition coefficient (Wildman–Crippen LogP) is 1.43. The van der Waals surface area contributed by atoms with Crippen LogP contribution in [0.3, 0.4) is 0 Å². The molecule has 0 radical (unpaired) electrons. The zero-order chi connectivity index (χ0) is 12.7. The maximum Gasteiger partial charge on any atom is 0.320 e. The SMILES string of the molecule is CCCC(NCc1cccc(OC)n1)C(=O)O. The summed E-state index contributed by atoms with van der Waals surface area (Å²) in [5.74, 6) is -0.290. The molecular formula is C12H18N2O3. The number of ether oxygens (including phenoxy) is 1. The van der Waals surface area contributed by atoms with Crippen molar-refractivity contribution in [2.75, 3.05) is 7.11 Å². The van der Waals surface area contributed by atoms with E-state index in [0.29, 0.717) is 18.8 Å². The van der Waals surface area contributed by atoms with Crippen LogP contribution in [-0.2, 0) is 11.3 Å². The molecule has 2 N–H and O–H groups in total. The third-order valence-electron chi connectivity index (χ3n) is 2.40. The molecule has 1 heterocycles. The van der Waals surface area contributed by atoms with E-state index in [9.17, 15) is 4.79 Å². The van der Waals surface area contributed by atoms with E-state index in [1.165, 1.54) is 0 Å². The van der Waals surface area contributed by atoms with Crippen LogP contribution in [0.25, 0.3) is 0 Å². The highest BCUT2D eigenvalue weighted by Gasteiger charge is 2.15. The van der Waals surface area contributed by atoms with Crippen LogP contribution < -0.4 is 10.1 Å². The molecule has 5 nitrogen and oxygen atoms in total. The van der Waals surface area contributed by atoms with Crippen molar-refractivity contribution in [1.82, 2.24) is 10.3 Å². The van der Waals surface area contributed by atoms with Crippen LogP contribution >= 0.6 is 0 Å². The Hall–Kier alpha value is -1.62. The van der Waals surface area contributed by atoms with Crippen molar-refractivity contribution in [3.8, 4) is 5.88 Å². The molecule has 1 rings (SSSR count). The van der Waals surface area contributed by atoms with E-state index >= 15 is 0 Å². The molecule has 1 aromatic heterocycles. The number of rotatable bonds is 7. The highest BCUT2D eigenvalue weighted by Crippen LogP contribution is 2.07. The van der Waals surface area contributed by atoms with Crippen molar-refractivity contribution in [3.63, 3.8) is 0 Å². The molecule has 1 aromatic rings. The number of hydrogen-bond donors (Lipinski definition) is 2. The number of nitrogens with zero attached hydrogens (tertiary/aromatic N) is 1. The third-order valence-corrected chi connectivity index (χ3v) is 2.40. The lowest BCUT2D eigenvalue weighted by atomic mass is 10.1. The lowest BCUT2D eigenvalue weighted by Crippen LogP contribution is -2.36. The highest BCUT2D eigenvalue weighted by molar-refractivity contribution is 5.73. The second-order valence-corrected chi connectivity index (χ2v) is 3.73. The van der Waals surface area contributed by atoms with Gasteiger partial charge in [0.25, 0.3) is 0 Å². The molecule has 0 fully saturated rings. The number of nitrogens with one attached hydrogen (secondary N) is 1. The zero-order valence-corrected chi connectivity index (χ0v) is 10.1. The molecule has 1 atom stereocenters. The molecule has 94 valence electrons. The Kier molecular flexibility index (Phi) is 5.42. The second-order valence-electron chi connectivity index (χ2n) is 3.73. The molecule has 0 bridgehead atoms. The Morgan fingerprint density at radius 1 is 1.59 bits per heavy atom. The second kappa shape index (κ2) is 6.85. The Morgan fingerprint density at radius 3 is 2.94 bits per heavy atom. The number of methoxy groups -OCH3 is 1. The molecule has 0 saturated heterocycles. The summed E-state index contributed by atoms with van der Waals surface area (Å²) in [6.07, 6.45) is 1.44. The first kappa shape index (κ1) is 13.4. The van der Waals surface area contributed by atoms with Gasteiger partial charge in [-0.05, 0) is 12.5 Å². The number of pyridine rings is 1. The van der Waals surface area contributed by atoms with Crippen LogP contribution in [0.5, 0.6) is 5.88 Å². The highest BCUT2D eigenvalue weighted by atomic mass is 16.5. The number of aromatic nitrogens is 1. The maximum atomic E-state index is 10.9. The number of hydrogen-bond acceptors (Lipinski definition) is 4. The average Bonchev–Trinajstić information content (AvgIpc) is 2.34. The van der Waals surface area contributed by atoms with E-state index < -0.39 is 12.0 Å². The first-order valence-corrected chi connectivity index (χ1v) is 5.63. The fourth-order valence-electron chi connectivity index (χ4n) is 1.50. The summed E-state index contributed by atoms with van der Waals surface area (Å²) in [7, 11) is 1.55. The molecular weight excluding hydrogens is 220 g/mol. The molecule has 0 aromatic carbocycles. The Balaban J connectivity index is 2.55. The fraction of sp³-hybridized carbons (Fsp3) is 0.500. The van der Waals surface area contributed by atoms with Crippen molar-refractivity contribution < 1.29 is 14.6 Å². The van der Waals surface area contributed by atoms with Crippen LogP contribution in [0, 0.1) is 0 Å². The van der Waals surface area contributed by atoms with Crippen LogP contribution in [0.2, 0.25) is 0 Å². The number of aliphatic carboxylic acids is 1. The molecule has 0 aliphatic rings. The van der Waals surface area contributed by atoms with Crippen LogP contribution in [-0.4, -0.2) is 29.2 Å². The Morgan fingerprint density at radius 2 is 2.35 bits per heavy atom. The molecule has 0 spiro atoms. The topological polar surface area (TPSA) is 71.5 Å². The quantitative estimate of drug-likeness (QED) is 0.752. The smallest absolute Gasteiger partial charge is 0.320 e. The van der Waals surface area contributed by atoms with Gasteiger partial charge in [0, 0.05) is 12.6 Å². The van der Waals surface area contributed by atoms with Crippen molar-refractivity contribution >= 4 is 5.97 Å². The fourth-order valence-corrected chi connectivity index (χ4v) is 1.50. The number of carboxylic acid groups (broad SMARTS) is 1. The van der Waals surface area contributed by atoms with Gasteiger partial charge in [-0.25, -0.2) is 4.98 Å². The van der Waals surface area contributed by atoms with Crippen molar-refractivity contribution in [1.29, 1.82) is 0 Å². The zero-order valence-electron chi connectivity index (χ0n) is 10.1. The van der Waals surface area contributed by atoms with Gasteiger partial charge >= 0.3 is 5.97 Å². The first-order valence-electron chi connectivity index (χ1n) is 5.63. The number of carbonyl (C=O) groups is 1. The van der Waals surface area contributed by atoms with Gasteiger partial charge in [0.15, 0.2) is 0 Å². The molecule has 0 amide bonds. The summed E-state index contributed by atoms with van der Waals surface area (Å²) < 4.78 is 5.00. The third kappa shape index (κ3) is 4.40. The average molecular weight is 238 g/mol. The molecule has 5 heteroatoms. The molecule has 0 aliphatic carbocycles. The first-order chi connectivity index (χ1) is 8.17. The maximum absolute atomic E-state index is 10.9. The Bertz CT molecular complexity index is 369. The standard InChI is InChI=1S/C12H18N2O3/c1-3-5-10(12(15)16)13-8-9-6-4-7-11(14-9)17-2/h4,6-7,10,13H,3,5,8H2,1-2H3,(H,15,16). The Labute approximate surface area is 101 Å². The van der Waals surface area contributed by atoms with Crippen LogP contribution in [0.1, 0.15) is 25.5 Å². The van der Waals surface area contributed by atoms with Gasteiger partial charge in [-0.1, -0.05) is 19.4 Å². The number of carboxylic acids is 1. The van der Waals surface area contributed by atoms with Gasteiger partial charge in [-0.3, -0.25) is 10.1 Å². The molecule has 0 aliphatic heterocycles. The summed E-state index contributed by atoms with van der Waals surface area (Å²) in [5.41, 5.74) is 0.770. The lowest BCUT2D eigenvalue weighted by molar-refractivity contribution is -0.139. The van der Waals surface area contributed by atoms with Gasteiger partial charge in [0.05, 0.1) is 12.8 Å². The van der Waals surface area contributed by atoms with Crippen LogP contribution in [0.15, 0.2) is 18.2 Å². The van der Waals surface area contributed by atoms with E-state index in [0.717, 1.165) is 12.1 Å². The minimum atomic E-state index is -0.824. The summed E-state index contributed by atoms with van der Waals surface area (Å²) >= 11 is 0. The van der Waals surface area contributed by atoms with Gasteiger partial charge in [-0.2, -0.15) is 0 Å². The normalized spacial score (nSPS) is 12.1. The van der Waals surface area contributed by atoms with Crippen molar-refractivity contribution in [2.24, 2.45) is 0 Å². The van der Waals surface area contributed by atoms with Gasteiger partial charge in [-0.15, -0.1) is 0 Å². The largest absolute Gasteiger partial charge is 0.481 e. The summed E-state index contributed by atoms with van der Waals surface area (Å²) in [6, 6.07) is 4.90. The van der Waals surface area contributed by atoms with E-state index in [-0.39, 0.29) is 0 Å². The van der Waals surface area contributed by atoms with E-state index in [1.807, 2.05) is 19.1 Å². The molecule has 17 heavy (non-hydrogen) atoms. The van der Waals surface area contributed by atoms with Gasteiger partial charge in [0.2, 0.25) is 5.88 Å². The summed E-state index contributed by atoms with van der Waals surface area (Å²) in [6.45, 7) is 2.38. The van der Waals surface area contributed by atoms with E-state index in [2.05, 4.69) is 10.3 Å². The molecule has 1 unspecified atom stereocenters. The minimum absolute atomic E-state index is 0.425. The van der Waals surface area contributed by atoms with Crippen molar-refractivity contribution in [3.05, 3.63) is 23.9 Å². The van der Waals surface area contributed by atoms with Crippen LogP contribution in [0.4, 0.5) is 0 Å². The van der Waals surface area contributed by atoms with E-state index in [4.69, 9.17) is 9.84 Å². The summed E-state index contributed by atoms with van der Waals surface area (Å²) in [5, 5.41) is 11.9. The molecule has 0 saturated carbocycles. The van der Waals surface area contributed by atoms with E-state index in [1.54, 1.807) is 13.2 Å². The van der Waals surface area contributed by atoms with Crippen molar-refractivity contribution in [2.45, 2.75) is 32.4 Å². The summed E-state index contributed by atoms with van der Waals surface area (Å²) in [4.78, 5) is 15.1. The van der Waals surface area contributed by atoms with Gasteiger partial charge < -0.3 is 9.84 Å². The van der Waals surface area contributed by atoms with Gasteiger partial charge in [0.1, 0.15) is 6.04 Å². The lowest BCUT2D eigenvalue weighted by Gasteiger charge is -2.13. The monoisotopic (exact) mass is 238 g/mol. The predicted molar refractivity (Wildman–Crippen MR) is 64.0 cm³/mol.